The Morgan fingerprint density at radius 1 is 1.08 bits per heavy atom. The van der Waals surface area contributed by atoms with Gasteiger partial charge in [-0.2, -0.15) is 0 Å². The van der Waals surface area contributed by atoms with Crippen molar-refractivity contribution in [2.75, 3.05) is 29.4 Å². The summed E-state index contributed by atoms with van der Waals surface area (Å²) in [6.07, 6.45) is 2.87. The molecule has 184 valence electrons. The van der Waals surface area contributed by atoms with Gasteiger partial charge in [-0.1, -0.05) is 12.1 Å². The van der Waals surface area contributed by atoms with Crippen molar-refractivity contribution >= 4 is 45.2 Å². The molecular weight excluding hydrogens is 458 g/mol. The van der Waals surface area contributed by atoms with E-state index in [1.807, 2.05) is 42.5 Å². The first kappa shape index (κ1) is 22.3. The van der Waals surface area contributed by atoms with Crippen LogP contribution in [0.3, 0.4) is 0 Å². The summed E-state index contributed by atoms with van der Waals surface area (Å²) in [6.45, 7) is 1.91. The Bertz CT molecular complexity index is 1550. The van der Waals surface area contributed by atoms with Crippen LogP contribution in [0.15, 0.2) is 51.7 Å². The molecule has 0 spiro atoms. The Morgan fingerprint density at radius 2 is 1.86 bits per heavy atom. The number of aromatic nitrogens is 2. The number of hydrogen-bond acceptors (Lipinski definition) is 6. The van der Waals surface area contributed by atoms with Crippen molar-refractivity contribution in [1.82, 2.24) is 9.55 Å². The number of para-hydroxylation sites is 2. The van der Waals surface area contributed by atoms with E-state index in [0.717, 1.165) is 47.3 Å². The van der Waals surface area contributed by atoms with E-state index >= 15 is 0 Å². The largest absolute Gasteiger partial charge is 0.440 e. The van der Waals surface area contributed by atoms with Crippen molar-refractivity contribution in [2.45, 2.75) is 31.6 Å². The number of anilines is 2. The van der Waals surface area contributed by atoms with Gasteiger partial charge in [-0.15, -0.1) is 0 Å². The number of nitrogens with zero attached hydrogens (tertiary/aromatic N) is 4. The lowest BCUT2D eigenvalue weighted by Crippen LogP contribution is -2.38. The Balaban J connectivity index is 1.38. The zero-order valence-corrected chi connectivity index (χ0v) is 20.1. The molecular formula is C27H27N5O4. The van der Waals surface area contributed by atoms with Gasteiger partial charge in [-0.05, 0) is 49.6 Å². The predicted octanol–water partition coefficient (Wildman–Crippen LogP) is 3.29. The van der Waals surface area contributed by atoms with E-state index in [1.54, 1.807) is 11.9 Å². The van der Waals surface area contributed by atoms with E-state index in [1.165, 1.54) is 4.57 Å². The fourth-order valence-electron chi connectivity index (χ4n) is 5.57. The minimum atomic E-state index is -0.743. The molecule has 0 atom stereocenters. The number of primary amides is 1. The number of aryl methyl sites for hydroxylation is 1. The van der Waals surface area contributed by atoms with Gasteiger partial charge >= 0.3 is 0 Å². The SMILES string of the molecule is Cn1c(=O)c(C(N)=O)c(N2CCC(c3nc4ccccc4o3)CC2)c2ccc(N3CCCC3=O)cc21. The summed E-state index contributed by atoms with van der Waals surface area (Å²) < 4.78 is 7.45. The molecule has 4 aromatic rings. The van der Waals surface area contributed by atoms with Crippen LogP contribution in [0.2, 0.25) is 0 Å². The number of fused-ring (bicyclic) bond motifs is 2. The number of amides is 2. The van der Waals surface area contributed by atoms with Gasteiger partial charge in [0.1, 0.15) is 11.1 Å². The molecule has 2 fully saturated rings. The van der Waals surface area contributed by atoms with Gasteiger partial charge in [-0.3, -0.25) is 14.4 Å². The Morgan fingerprint density at radius 3 is 2.56 bits per heavy atom. The lowest BCUT2D eigenvalue weighted by molar-refractivity contribution is -0.117. The number of pyridine rings is 1. The van der Waals surface area contributed by atoms with Crippen LogP contribution in [0, 0.1) is 0 Å². The molecule has 36 heavy (non-hydrogen) atoms. The fourth-order valence-corrected chi connectivity index (χ4v) is 5.57. The number of hydrogen-bond donors (Lipinski definition) is 1. The number of carbonyl (C=O) groups excluding carboxylic acids is 2. The highest BCUT2D eigenvalue weighted by atomic mass is 16.3. The molecule has 2 aliphatic heterocycles. The maximum atomic E-state index is 13.3. The number of piperidine rings is 1. The lowest BCUT2D eigenvalue weighted by atomic mass is 9.95. The van der Waals surface area contributed by atoms with Crippen LogP contribution >= 0.6 is 0 Å². The molecule has 0 saturated carbocycles. The molecule has 2 aromatic heterocycles. The molecule has 2 saturated heterocycles. The van der Waals surface area contributed by atoms with Gasteiger partial charge in [0.25, 0.3) is 11.5 Å². The third-order valence-electron chi connectivity index (χ3n) is 7.46. The monoisotopic (exact) mass is 485 g/mol. The number of nitrogens with two attached hydrogens (primary N) is 1. The second-order valence-corrected chi connectivity index (χ2v) is 9.58. The van der Waals surface area contributed by atoms with Gasteiger partial charge in [0.15, 0.2) is 11.5 Å². The van der Waals surface area contributed by atoms with Gasteiger partial charge in [0.2, 0.25) is 5.91 Å². The second-order valence-electron chi connectivity index (χ2n) is 9.58. The predicted molar refractivity (Wildman–Crippen MR) is 137 cm³/mol. The molecule has 0 radical (unpaired) electrons. The van der Waals surface area contributed by atoms with E-state index in [2.05, 4.69) is 9.88 Å². The van der Waals surface area contributed by atoms with Gasteiger partial charge in [-0.25, -0.2) is 4.98 Å². The summed E-state index contributed by atoms with van der Waals surface area (Å²) in [5, 5.41) is 0.765. The Hall–Kier alpha value is -4.14. The number of rotatable bonds is 4. The molecule has 4 heterocycles. The van der Waals surface area contributed by atoms with Crippen molar-refractivity contribution in [3.8, 4) is 0 Å². The third kappa shape index (κ3) is 3.54. The van der Waals surface area contributed by atoms with Crippen LogP contribution in [0.4, 0.5) is 11.4 Å². The van der Waals surface area contributed by atoms with Crippen molar-refractivity contribution < 1.29 is 14.0 Å². The Labute approximate surface area is 207 Å². The van der Waals surface area contributed by atoms with Crippen LogP contribution in [0.1, 0.15) is 47.8 Å². The van der Waals surface area contributed by atoms with E-state index in [9.17, 15) is 14.4 Å². The van der Waals surface area contributed by atoms with E-state index in [0.29, 0.717) is 37.3 Å². The molecule has 0 aliphatic carbocycles. The van der Waals surface area contributed by atoms with Crippen LogP contribution in [-0.4, -0.2) is 41.0 Å². The van der Waals surface area contributed by atoms with Crippen molar-refractivity contribution in [3.63, 3.8) is 0 Å². The summed E-state index contributed by atoms with van der Waals surface area (Å²) in [5.74, 6) is 0.206. The van der Waals surface area contributed by atoms with E-state index in [4.69, 9.17) is 10.2 Å². The zero-order chi connectivity index (χ0) is 25.0. The zero-order valence-electron chi connectivity index (χ0n) is 20.1. The number of carbonyl (C=O) groups is 2. The number of oxazole rings is 1. The third-order valence-corrected chi connectivity index (χ3v) is 7.46. The van der Waals surface area contributed by atoms with Gasteiger partial charge in [0.05, 0.1) is 11.2 Å². The van der Waals surface area contributed by atoms with Crippen LogP contribution < -0.4 is 21.1 Å². The summed E-state index contributed by atoms with van der Waals surface area (Å²) in [7, 11) is 1.63. The molecule has 0 bridgehead atoms. The highest BCUT2D eigenvalue weighted by Gasteiger charge is 2.30. The molecule has 9 nitrogen and oxygen atoms in total. The standard InChI is InChI=1S/C27H27N5O4/c1-30-20-15-17(32-12-4-7-22(32)33)8-9-18(20)24(23(25(28)34)27(30)35)31-13-10-16(11-14-31)26-29-19-5-2-3-6-21(19)36-26/h2-3,5-6,8-9,15-16H,4,7,10-14H2,1H3,(H2,28,34). The van der Waals surface area contributed by atoms with Crippen LogP contribution in [0.5, 0.6) is 0 Å². The lowest BCUT2D eigenvalue weighted by Gasteiger charge is -2.34. The van der Waals surface area contributed by atoms with Crippen molar-refractivity contribution in [2.24, 2.45) is 12.8 Å². The molecule has 2 N–H and O–H groups in total. The fraction of sp³-hybridized carbons (Fsp3) is 0.333. The van der Waals surface area contributed by atoms with E-state index < -0.39 is 11.5 Å². The quantitative estimate of drug-likeness (QED) is 0.474. The van der Waals surface area contributed by atoms with E-state index in [-0.39, 0.29) is 17.4 Å². The molecule has 0 unspecified atom stereocenters. The van der Waals surface area contributed by atoms with Crippen molar-refractivity contribution in [3.05, 3.63) is 64.3 Å². The normalized spacial score (nSPS) is 17.0. The average molecular weight is 486 g/mol. The second kappa shape index (κ2) is 8.51. The molecule has 2 aliphatic rings. The molecule has 6 rings (SSSR count). The summed E-state index contributed by atoms with van der Waals surface area (Å²) in [5.41, 5.74) is 8.90. The smallest absolute Gasteiger partial charge is 0.265 e. The summed E-state index contributed by atoms with van der Waals surface area (Å²) in [4.78, 5) is 46.6. The first-order chi connectivity index (χ1) is 17.4. The molecule has 9 heteroatoms. The minimum absolute atomic E-state index is 0.00434. The first-order valence-electron chi connectivity index (χ1n) is 12.3. The summed E-state index contributed by atoms with van der Waals surface area (Å²) in [6, 6.07) is 13.4. The van der Waals surface area contributed by atoms with Crippen molar-refractivity contribution in [1.29, 1.82) is 0 Å². The maximum absolute atomic E-state index is 13.3. The highest BCUT2D eigenvalue weighted by molar-refractivity contribution is 6.08. The molecule has 2 amide bonds. The van der Waals surface area contributed by atoms with Crippen LogP contribution in [-0.2, 0) is 11.8 Å². The molecule has 2 aromatic carbocycles. The van der Waals surface area contributed by atoms with Gasteiger partial charge in [0, 0.05) is 50.1 Å². The first-order valence-corrected chi connectivity index (χ1v) is 12.3. The minimum Gasteiger partial charge on any atom is -0.440 e. The van der Waals surface area contributed by atoms with Gasteiger partial charge < -0.3 is 24.5 Å². The maximum Gasteiger partial charge on any atom is 0.265 e. The summed E-state index contributed by atoms with van der Waals surface area (Å²) >= 11 is 0. The average Bonchev–Trinajstić information content (AvgIpc) is 3.52. The number of benzene rings is 2. The van der Waals surface area contributed by atoms with Crippen LogP contribution in [0.25, 0.3) is 22.0 Å². The highest BCUT2D eigenvalue weighted by Crippen LogP contribution is 2.37. The topological polar surface area (TPSA) is 115 Å². The Kier molecular flexibility index (Phi) is 5.28.